The molecule has 0 saturated carbocycles. The molecule has 0 amide bonds. The van der Waals surface area contributed by atoms with E-state index in [1.807, 2.05) is 48.5 Å². The van der Waals surface area contributed by atoms with E-state index in [4.69, 9.17) is 5.26 Å². The summed E-state index contributed by atoms with van der Waals surface area (Å²) in [5, 5.41) is 36.4. The summed E-state index contributed by atoms with van der Waals surface area (Å²) in [6.07, 6.45) is 0. The molecule has 21 aromatic carbocycles. The van der Waals surface area contributed by atoms with Crippen LogP contribution in [0.5, 0.6) is 5.75 Å². The largest absolute Gasteiger partial charge is 0.508 e. The molecule has 3 aliphatic heterocycles. The minimum absolute atomic E-state index is 0.195. The maximum Gasteiger partial charge on any atom is 0.115 e. The first-order valence-corrected chi connectivity index (χ1v) is 48.1. The maximum atomic E-state index is 10.3. The number of aromatic hydroxyl groups is 1. The van der Waals surface area contributed by atoms with E-state index >= 15 is 0 Å². The molecule has 3 aromatic heterocycles. The van der Waals surface area contributed by atoms with Gasteiger partial charge in [0.1, 0.15) is 5.75 Å². The summed E-state index contributed by atoms with van der Waals surface area (Å²) >= 11 is 0. The van der Waals surface area contributed by atoms with Gasteiger partial charge >= 0.3 is 0 Å². The highest BCUT2D eigenvalue weighted by Gasteiger charge is 2.49. The van der Waals surface area contributed by atoms with Crippen molar-refractivity contribution in [2.45, 2.75) is 35.5 Å². The van der Waals surface area contributed by atoms with Crippen molar-refractivity contribution in [3.8, 4) is 102 Å². The van der Waals surface area contributed by atoms with Gasteiger partial charge in [-0.3, -0.25) is 0 Å². The van der Waals surface area contributed by atoms with Gasteiger partial charge in [0.2, 0.25) is 0 Å². The van der Waals surface area contributed by atoms with Gasteiger partial charge in [-0.2, -0.15) is 10.5 Å². The van der Waals surface area contributed by atoms with Crippen molar-refractivity contribution in [2.75, 3.05) is 0 Å². The normalized spacial score (nSPS) is 15.7. The van der Waals surface area contributed by atoms with Crippen molar-refractivity contribution in [1.82, 2.24) is 13.7 Å². The highest BCUT2D eigenvalue weighted by Crippen LogP contribution is 2.60. The fraction of sp³-hybridized carbons (Fsp3) is 0.0448. The highest BCUT2D eigenvalue weighted by molar-refractivity contribution is 6.15. The molecule has 6 heteroatoms. The zero-order valence-electron chi connectivity index (χ0n) is 77.0. The molecule has 0 radical (unpaired) electrons. The van der Waals surface area contributed by atoms with Gasteiger partial charge in [0, 0.05) is 37.7 Å². The van der Waals surface area contributed by atoms with E-state index in [2.05, 4.69) is 483 Å². The molecule has 24 aromatic rings. The van der Waals surface area contributed by atoms with Crippen LogP contribution in [0, 0.1) is 22.7 Å². The van der Waals surface area contributed by atoms with E-state index < -0.39 is 16.2 Å². The molecule has 1 N–H and O–H groups in total. The van der Waals surface area contributed by atoms with Gasteiger partial charge in [-0.1, -0.05) is 432 Å². The van der Waals surface area contributed by atoms with E-state index in [-0.39, 0.29) is 5.41 Å². The molecule has 6 heterocycles. The molecule has 0 spiro atoms. The Labute approximate surface area is 812 Å². The molecule has 3 atom stereocenters. The molecule has 6 nitrogen and oxygen atoms in total. The van der Waals surface area contributed by atoms with Gasteiger partial charge in [-0.05, 0) is 224 Å². The topological polar surface area (TPSA) is 82.6 Å². The minimum Gasteiger partial charge on any atom is -0.508 e. The summed E-state index contributed by atoms with van der Waals surface area (Å²) < 4.78 is 7.42. The fourth-order valence-electron chi connectivity index (χ4n) is 24.4. The number of aromatic nitrogens is 3. The van der Waals surface area contributed by atoms with Gasteiger partial charge in [-0.25, -0.2) is 0 Å². The summed E-state index contributed by atoms with van der Waals surface area (Å²) in [6, 6.07) is 184. The number of rotatable bonds is 11. The predicted molar refractivity (Wildman–Crippen MR) is 574 cm³/mol. The smallest absolute Gasteiger partial charge is 0.115 e. The van der Waals surface area contributed by atoms with Crippen LogP contribution in [0.1, 0.15) is 103 Å². The van der Waals surface area contributed by atoms with Crippen LogP contribution < -0.4 is 0 Å². The average molecular weight is 1790 g/mol. The second-order valence-electron chi connectivity index (χ2n) is 37.9. The third-order valence-electron chi connectivity index (χ3n) is 30.6. The van der Waals surface area contributed by atoms with Gasteiger partial charge in [0.15, 0.2) is 0 Å². The fourth-order valence-corrected chi connectivity index (χ4v) is 24.4. The lowest BCUT2D eigenvalue weighted by Gasteiger charge is -2.41. The number of para-hydroxylation sites is 9. The highest BCUT2D eigenvalue weighted by atomic mass is 16.3. The summed E-state index contributed by atoms with van der Waals surface area (Å²) in [5.41, 5.74) is 42.4. The Morgan fingerprint density at radius 2 is 0.464 bits per heavy atom. The summed E-state index contributed by atoms with van der Waals surface area (Å²) in [7, 11) is 0. The van der Waals surface area contributed by atoms with Crippen LogP contribution in [0.4, 0.5) is 0 Å². The van der Waals surface area contributed by atoms with Crippen LogP contribution in [0.25, 0.3) is 149 Å². The zero-order valence-corrected chi connectivity index (χ0v) is 77.0. The third-order valence-corrected chi connectivity index (χ3v) is 30.6. The summed E-state index contributed by atoms with van der Waals surface area (Å²) in [6.45, 7) is 4.52. The number of nitrogens with zero attached hydrogens (tertiary/aromatic N) is 5. The Morgan fingerprint density at radius 3 is 0.829 bits per heavy atom. The minimum atomic E-state index is -0.510. The van der Waals surface area contributed by atoms with Crippen molar-refractivity contribution in [3.63, 3.8) is 0 Å². The molecule has 656 valence electrons. The summed E-state index contributed by atoms with van der Waals surface area (Å²) in [5.74, 6) is 0.318. The number of nitriles is 2. The lowest BCUT2D eigenvalue weighted by molar-refractivity contribution is 0.473. The van der Waals surface area contributed by atoms with Crippen molar-refractivity contribution >= 4 is 65.4 Å². The van der Waals surface area contributed by atoms with Gasteiger partial charge in [0.25, 0.3) is 0 Å². The third kappa shape index (κ3) is 12.4. The standard InChI is InChI=1S/C46H33NO.2C44H28N2/c1-45(2)40-27-30(21-25-34(40)35-26-24-33(48)28-41(35)45)29-19-22-32(23-20-29)46(31-11-4-3-5-12-31)38-15-7-9-18-43(38)47-42-17-8-6-13-36(42)37-14-10-16-39(46)44(37)47;45-29-30-10-8-11-34(28-30)33-22-20-31(21-23-33)32-24-26-36(27-25-32)44(35-12-2-1-3-13-35)39-16-5-7-19-42(39)46-41-18-6-4-14-37(41)38-15-9-17-40(44)43(38)46;45-29-30-17-19-31(20-18-30)32-21-23-33(24-22-32)34-25-27-36(28-26-34)44(35-9-2-1-3-10-35)39-13-5-7-16-42(39)46-41-15-6-4-11-37(41)38-12-8-14-40(44)43(38)46/h3-28,48H,1-2H3;2*1-28H. The number of hydrogen-bond acceptors (Lipinski definition) is 3. The van der Waals surface area contributed by atoms with E-state index in [0.717, 1.165) is 27.8 Å². The van der Waals surface area contributed by atoms with Gasteiger partial charge in [0.05, 0.1) is 89.7 Å². The monoisotopic (exact) mass is 1780 g/mol. The second kappa shape index (κ2) is 32.5. The van der Waals surface area contributed by atoms with Crippen LogP contribution in [0.3, 0.4) is 0 Å². The van der Waals surface area contributed by atoms with Crippen LogP contribution in [0.15, 0.2) is 497 Å². The Morgan fingerprint density at radius 1 is 0.200 bits per heavy atom. The Bertz CT molecular complexity index is 9190. The lowest BCUT2D eigenvalue weighted by Crippen LogP contribution is -2.35. The zero-order chi connectivity index (χ0) is 93.5. The molecule has 140 heavy (non-hydrogen) atoms. The van der Waals surface area contributed by atoms with Gasteiger partial charge < -0.3 is 18.8 Å². The SMILES string of the molecule is CC1(C)c2cc(O)ccc2-c2ccc(-c3ccc(C4(c5ccccc5)c5ccccc5-n5c6ccccc6c6cccc4c65)cc3)cc21.N#Cc1ccc(-c2ccc(-c3ccc(C4(c5ccccc5)c5ccccc5-n5c6ccccc6c6cccc4c65)cc3)cc2)cc1.N#Cc1cccc(-c2ccc(-c3ccc(C4(c5ccccc5)c5ccccc5-n5c6ccccc6c6cccc4c65)cc3)cc2)c1. The molecular formula is C134H89N5O. The van der Waals surface area contributed by atoms with Crippen LogP contribution in [0.2, 0.25) is 0 Å². The lowest BCUT2D eigenvalue weighted by atomic mass is 9.63. The molecule has 0 fully saturated rings. The Hall–Kier alpha value is -18.2. The first-order chi connectivity index (χ1) is 69.0. The van der Waals surface area contributed by atoms with E-state index in [9.17, 15) is 10.4 Å². The molecule has 4 aliphatic rings. The van der Waals surface area contributed by atoms with Crippen molar-refractivity contribution in [2.24, 2.45) is 0 Å². The van der Waals surface area contributed by atoms with Crippen molar-refractivity contribution < 1.29 is 5.11 Å². The number of fused-ring (bicyclic) bond motifs is 18. The van der Waals surface area contributed by atoms with E-state index in [1.54, 1.807) is 6.07 Å². The number of hydrogen-bond donors (Lipinski definition) is 1. The van der Waals surface area contributed by atoms with Crippen LogP contribution >= 0.6 is 0 Å². The molecule has 0 bridgehead atoms. The molecule has 28 rings (SSSR count). The van der Waals surface area contributed by atoms with Crippen molar-refractivity contribution in [3.05, 3.63) is 586 Å². The first-order valence-electron chi connectivity index (χ1n) is 48.1. The summed E-state index contributed by atoms with van der Waals surface area (Å²) in [4.78, 5) is 0. The van der Waals surface area contributed by atoms with E-state index in [1.165, 1.54) is 199 Å². The van der Waals surface area contributed by atoms with Crippen molar-refractivity contribution in [1.29, 1.82) is 10.5 Å². The Balaban J connectivity index is 0.000000108. The van der Waals surface area contributed by atoms with Crippen LogP contribution in [-0.4, -0.2) is 18.8 Å². The molecule has 0 saturated heterocycles. The molecular weight excluding hydrogens is 1700 g/mol. The molecule has 1 aliphatic carbocycles. The number of benzene rings is 21. The maximum absolute atomic E-state index is 10.3. The van der Waals surface area contributed by atoms with Gasteiger partial charge in [-0.15, -0.1) is 0 Å². The second-order valence-corrected chi connectivity index (χ2v) is 37.9. The Kier molecular flexibility index (Phi) is 19.2. The average Bonchev–Trinajstić information content (AvgIpc) is 1.52. The quantitative estimate of drug-likeness (QED) is 0.140. The first kappa shape index (κ1) is 82.5. The number of phenolic OH excluding ortho intramolecular Hbond substituents is 1. The molecule has 3 unspecified atom stereocenters. The van der Waals surface area contributed by atoms with E-state index in [0.29, 0.717) is 16.9 Å². The number of phenols is 1. The predicted octanol–water partition coefficient (Wildman–Crippen LogP) is 32.5. The van der Waals surface area contributed by atoms with Crippen LogP contribution in [-0.2, 0) is 21.7 Å².